The van der Waals surface area contributed by atoms with Gasteiger partial charge in [0.1, 0.15) is 0 Å². The van der Waals surface area contributed by atoms with Crippen LogP contribution in [0.25, 0.3) is 0 Å². The molecule has 6 aromatic carbocycles. The van der Waals surface area contributed by atoms with Crippen molar-refractivity contribution in [2.75, 3.05) is 37.5 Å². The highest BCUT2D eigenvalue weighted by Gasteiger charge is 2.34. The zero-order valence-corrected chi connectivity index (χ0v) is 31.1. The number of nitrogens with zero attached hydrogens (tertiary/aromatic N) is 4. The highest BCUT2D eigenvalue weighted by Crippen LogP contribution is 2.45. The summed E-state index contributed by atoms with van der Waals surface area (Å²) in [7, 11) is 3.37. The van der Waals surface area contributed by atoms with Gasteiger partial charge in [-0.2, -0.15) is 10.2 Å². The van der Waals surface area contributed by atoms with E-state index in [0.29, 0.717) is 42.6 Å². The van der Waals surface area contributed by atoms with Gasteiger partial charge in [0, 0.05) is 30.4 Å². The first-order valence-corrected chi connectivity index (χ1v) is 18.8. The predicted octanol–water partition coefficient (Wildman–Crippen LogP) is 10.3. The first-order valence-electron chi connectivity index (χ1n) is 18.8. The summed E-state index contributed by atoms with van der Waals surface area (Å²) < 4.78 is 25.0. The van der Waals surface area contributed by atoms with Crippen LogP contribution < -0.4 is 29.0 Å². The summed E-state index contributed by atoms with van der Waals surface area (Å²) in [5.41, 5.74) is 8.33. The Balaban J connectivity index is 1.01. The van der Waals surface area contributed by atoms with Gasteiger partial charge in [0.2, 0.25) is 0 Å². The maximum Gasteiger partial charge on any atom is 0.166 e. The molecule has 2 atom stereocenters. The fourth-order valence-corrected chi connectivity index (χ4v) is 7.38. The number of para-hydroxylation sites is 4. The van der Waals surface area contributed by atoms with Crippen LogP contribution in [0.15, 0.2) is 168 Å². The highest BCUT2D eigenvalue weighted by molar-refractivity contribution is 6.04. The number of ether oxygens (including phenoxy) is 4. The molecule has 0 fully saturated rings. The molecular formula is C47H44N4O4. The lowest BCUT2D eigenvalue weighted by Crippen LogP contribution is -2.20. The third-order valence-corrected chi connectivity index (χ3v) is 10.0. The van der Waals surface area contributed by atoms with E-state index in [1.54, 1.807) is 14.2 Å². The lowest BCUT2D eigenvalue weighted by atomic mass is 9.97. The Morgan fingerprint density at radius 2 is 0.855 bits per heavy atom. The molecule has 8 rings (SSSR count). The molecule has 8 nitrogen and oxygen atoms in total. The zero-order valence-electron chi connectivity index (χ0n) is 31.1. The van der Waals surface area contributed by atoms with Gasteiger partial charge in [-0.3, -0.25) is 10.0 Å². The largest absolute Gasteiger partial charge is 0.493 e. The van der Waals surface area contributed by atoms with Crippen LogP contribution in [0.5, 0.6) is 23.0 Å². The predicted molar refractivity (Wildman–Crippen MR) is 220 cm³/mol. The molecule has 0 bridgehead atoms. The number of hydrazone groups is 2. The Bertz CT molecular complexity index is 2090. The van der Waals surface area contributed by atoms with Crippen LogP contribution in [0.1, 0.15) is 53.6 Å². The number of anilines is 2. The topological polar surface area (TPSA) is 68.1 Å². The van der Waals surface area contributed by atoms with E-state index in [2.05, 4.69) is 94.9 Å². The molecule has 0 aliphatic carbocycles. The van der Waals surface area contributed by atoms with Crippen LogP contribution in [-0.2, 0) is 0 Å². The Labute approximate surface area is 322 Å². The molecule has 55 heavy (non-hydrogen) atoms. The average molecular weight is 729 g/mol. The van der Waals surface area contributed by atoms with Crippen LogP contribution in [-0.4, -0.2) is 38.9 Å². The van der Waals surface area contributed by atoms with E-state index in [9.17, 15) is 0 Å². The fourth-order valence-electron chi connectivity index (χ4n) is 7.38. The molecule has 0 amide bonds. The second-order valence-corrected chi connectivity index (χ2v) is 13.4. The number of benzene rings is 6. The van der Waals surface area contributed by atoms with E-state index in [0.717, 1.165) is 57.9 Å². The fraction of sp³-hybridized carbons (Fsp3) is 0.191. The van der Waals surface area contributed by atoms with Gasteiger partial charge < -0.3 is 18.9 Å². The van der Waals surface area contributed by atoms with Gasteiger partial charge in [0.05, 0.1) is 62.3 Å². The highest BCUT2D eigenvalue weighted by atomic mass is 16.5. The molecule has 2 aliphatic rings. The summed E-state index contributed by atoms with van der Waals surface area (Å²) in [5, 5.41) is 14.5. The molecule has 0 spiro atoms. The second kappa shape index (κ2) is 16.6. The number of methoxy groups -OCH3 is 2. The van der Waals surface area contributed by atoms with Crippen molar-refractivity contribution in [3.63, 3.8) is 0 Å². The molecule has 2 aliphatic heterocycles. The molecule has 8 heteroatoms. The van der Waals surface area contributed by atoms with Crippen LogP contribution >= 0.6 is 0 Å². The van der Waals surface area contributed by atoms with Gasteiger partial charge in [-0.1, -0.05) is 121 Å². The smallest absolute Gasteiger partial charge is 0.166 e. The third kappa shape index (κ3) is 7.62. The summed E-state index contributed by atoms with van der Waals surface area (Å²) in [5.74, 6) is 2.80. The average Bonchev–Trinajstić information content (AvgIpc) is 3.91. The summed E-state index contributed by atoms with van der Waals surface area (Å²) in [4.78, 5) is 0. The van der Waals surface area contributed by atoms with Crippen molar-refractivity contribution in [1.82, 2.24) is 0 Å². The number of hydrogen-bond acceptors (Lipinski definition) is 8. The summed E-state index contributed by atoms with van der Waals surface area (Å²) in [6, 6.07) is 53.3. The Hall–Kier alpha value is -6.54. The van der Waals surface area contributed by atoms with Gasteiger partial charge in [0.15, 0.2) is 23.0 Å². The summed E-state index contributed by atoms with van der Waals surface area (Å²) >= 11 is 0. The Morgan fingerprint density at radius 3 is 1.24 bits per heavy atom. The van der Waals surface area contributed by atoms with Crippen molar-refractivity contribution in [1.29, 1.82) is 0 Å². The molecule has 2 unspecified atom stereocenters. The van der Waals surface area contributed by atoms with Crippen molar-refractivity contribution in [3.8, 4) is 23.0 Å². The Kier molecular flexibility index (Phi) is 10.7. The maximum atomic E-state index is 6.62. The van der Waals surface area contributed by atoms with Crippen molar-refractivity contribution < 1.29 is 18.9 Å². The van der Waals surface area contributed by atoms with Gasteiger partial charge in [0.25, 0.3) is 0 Å². The standard InChI is InChI=1S/C47H44N4O4/c1-52-44-28-15-26-38(42-32-40(34-18-7-3-8-19-34)48-50(42)36-22-11-5-12-23-36)46(44)54-30-17-31-55-47-39(27-16-29-45(47)53-2)43-33-41(35-20-9-4-10-21-35)49-51(43)37-24-13-6-14-25-37/h3-16,18-29,42-43H,17,30-33H2,1-2H3. The number of hydrogen-bond donors (Lipinski definition) is 0. The van der Waals surface area contributed by atoms with E-state index in [1.165, 1.54) is 0 Å². The second-order valence-electron chi connectivity index (χ2n) is 13.4. The van der Waals surface area contributed by atoms with Gasteiger partial charge in [-0.15, -0.1) is 0 Å². The Morgan fingerprint density at radius 1 is 0.473 bits per heavy atom. The van der Waals surface area contributed by atoms with Crippen LogP contribution in [0, 0.1) is 0 Å². The zero-order chi connectivity index (χ0) is 37.4. The summed E-state index contributed by atoms with van der Waals surface area (Å²) in [6.07, 6.45) is 2.07. The first kappa shape index (κ1) is 35.5. The first-order chi connectivity index (χ1) is 27.2. The van der Waals surface area contributed by atoms with Crippen molar-refractivity contribution >= 4 is 22.8 Å². The molecule has 6 aromatic rings. The minimum absolute atomic E-state index is 0.0861. The van der Waals surface area contributed by atoms with E-state index >= 15 is 0 Å². The molecule has 2 heterocycles. The van der Waals surface area contributed by atoms with Gasteiger partial charge in [-0.05, 0) is 47.5 Å². The van der Waals surface area contributed by atoms with Gasteiger partial charge >= 0.3 is 0 Å². The van der Waals surface area contributed by atoms with Crippen LogP contribution in [0.2, 0.25) is 0 Å². The van der Waals surface area contributed by atoms with Crippen molar-refractivity contribution in [2.45, 2.75) is 31.3 Å². The quantitative estimate of drug-likeness (QED) is 0.104. The monoisotopic (exact) mass is 728 g/mol. The van der Waals surface area contributed by atoms with E-state index in [1.807, 2.05) is 72.8 Å². The lowest BCUT2D eigenvalue weighted by Gasteiger charge is -2.27. The molecule has 0 aromatic heterocycles. The molecule has 276 valence electrons. The SMILES string of the molecule is COc1cccc(C2CC(c3ccccc3)=NN2c2ccccc2)c1OCCCOc1c(OC)cccc1C1CC(c2ccccc2)=NN1c1ccccc1. The van der Waals surface area contributed by atoms with Crippen molar-refractivity contribution in [3.05, 3.63) is 180 Å². The normalized spacial score (nSPS) is 16.4. The van der Waals surface area contributed by atoms with Crippen LogP contribution in [0.4, 0.5) is 11.4 Å². The van der Waals surface area contributed by atoms with Crippen molar-refractivity contribution in [2.24, 2.45) is 10.2 Å². The van der Waals surface area contributed by atoms with Crippen LogP contribution in [0.3, 0.4) is 0 Å². The van der Waals surface area contributed by atoms with Gasteiger partial charge in [-0.25, -0.2) is 0 Å². The van der Waals surface area contributed by atoms with E-state index in [4.69, 9.17) is 29.2 Å². The minimum Gasteiger partial charge on any atom is -0.493 e. The minimum atomic E-state index is -0.0861. The lowest BCUT2D eigenvalue weighted by molar-refractivity contribution is 0.231. The third-order valence-electron chi connectivity index (χ3n) is 10.0. The molecule has 0 saturated heterocycles. The van der Waals surface area contributed by atoms with E-state index in [-0.39, 0.29) is 12.1 Å². The molecule has 0 N–H and O–H groups in total. The number of rotatable bonds is 14. The maximum absolute atomic E-state index is 6.62. The molecule has 0 radical (unpaired) electrons. The molecular weight excluding hydrogens is 685 g/mol. The van der Waals surface area contributed by atoms with E-state index < -0.39 is 0 Å². The summed E-state index contributed by atoms with van der Waals surface area (Å²) in [6.45, 7) is 0.840. The molecule has 0 saturated carbocycles.